The molecular weight excluding hydrogens is 312 g/mol. The minimum Gasteiger partial charge on any atom is -0.286 e. The monoisotopic (exact) mass is 332 g/mol. The molecule has 2 saturated heterocycles. The average Bonchev–Trinajstić information content (AvgIpc) is 2.76. The normalized spacial score (nSPS) is 21.9. The second-order valence-corrected chi connectivity index (χ2v) is 7.52. The molecule has 3 nitrogen and oxygen atoms in total. The highest BCUT2D eigenvalue weighted by molar-refractivity contribution is 8.26. The summed E-state index contributed by atoms with van der Waals surface area (Å²) in [4.78, 5) is 17.4. The number of thiocarbonyl (C=S) groups is 1. The van der Waals surface area contributed by atoms with Crippen molar-refractivity contribution in [1.29, 1.82) is 0 Å². The molecular formula is C17H20N2OS2. The van der Waals surface area contributed by atoms with Gasteiger partial charge in [-0.15, -0.1) is 0 Å². The minimum absolute atomic E-state index is 0.0436. The van der Waals surface area contributed by atoms with E-state index in [1.807, 2.05) is 18.2 Å². The first kappa shape index (κ1) is 15.7. The third kappa shape index (κ3) is 3.59. The number of carbonyl (C=O) groups excluding carboxylic acids is 1. The predicted octanol–water partition coefficient (Wildman–Crippen LogP) is 3.64. The Morgan fingerprint density at radius 3 is 2.77 bits per heavy atom. The van der Waals surface area contributed by atoms with Crippen LogP contribution in [-0.4, -0.2) is 39.8 Å². The molecule has 116 valence electrons. The molecule has 2 aliphatic rings. The van der Waals surface area contributed by atoms with Gasteiger partial charge in [0.1, 0.15) is 4.32 Å². The van der Waals surface area contributed by atoms with Crippen molar-refractivity contribution >= 4 is 40.3 Å². The van der Waals surface area contributed by atoms with E-state index in [1.165, 1.54) is 36.6 Å². The number of thioether (sulfide) groups is 1. The lowest BCUT2D eigenvalue weighted by Gasteiger charge is -2.29. The molecule has 0 saturated carbocycles. The summed E-state index contributed by atoms with van der Waals surface area (Å²) in [5, 5.41) is 0. The summed E-state index contributed by atoms with van der Waals surface area (Å²) < 4.78 is 0.675. The summed E-state index contributed by atoms with van der Waals surface area (Å²) in [7, 11) is 0. The number of aryl methyl sites for hydroxylation is 1. The Hall–Kier alpha value is -1.17. The molecule has 5 heteroatoms. The number of hydrogen-bond donors (Lipinski definition) is 0. The van der Waals surface area contributed by atoms with Gasteiger partial charge in [0.2, 0.25) is 0 Å². The largest absolute Gasteiger partial charge is 0.286 e. The van der Waals surface area contributed by atoms with Crippen LogP contribution in [0.25, 0.3) is 6.08 Å². The van der Waals surface area contributed by atoms with Gasteiger partial charge in [0, 0.05) is 0 Å². The quantitative estimate of drug-likeness (QED) is 0.623. The molecule has 2 aliphatic heterocycles. The van der Waals surface area contributed by atoms with E-state index < -0.39 is 0 Å². The lowest BCUT2D eigenvalue weighted by molar-refractivity contribution is -0.123. The van der Waals surface area contributed by atoms with Crippen molar-refractivity contribution in [1.82, 2.24) is 9.80 Å². The molecule has 0 radical (unpaired) electrons. The summed E-state index contributed by atoms with van der Waals surface area (Å²) in [6, 6.07) is 8.16. The number of carbonyl (C=O) groups is 1. The number of rotatable bonds is 3. The second kappa shape index (κ2) is 6.94. The number of hydrogen-bond acceptors (Lipinski definition) is 4. The van der Waals surface area contributed by atoms with E-state index in [9.17, 15) is 4.79 Å². The third-order valence-corrected chi connectivity index (χ3v) is 5.38. The molecule has 0 aromatic heterocycles. The second-order valence-electron chi connectivity index (χ2n) is 5.84. The summed E-state index contributed by atoms with van der Waals surface area (Å²) in [5.41, 5.74) is 2.25. The van der Waals surface area contributed by atoms with Crippen molar-refractivity contribution in [2.24, 2.45) is 0 Å². The standard InChI is InChI=1S/C17H20N2OS2/c1-13-6-5-7-14(10-13)11-15-16(20)19(17(21)22-15)12-18-8-3-2-4-9-18/h5-7,10-11H,2-4,8-9,12H2,1H3/b15-11+. The van der Waals surface area contributed by atoms with Gasteiger partial charge in [-0.25, -0.2) is 0 Å². The highest BCUT2D eigenvalue weighted by atomic mass is 32.2. The Kier molecular flexibility index (Phi) is 4.96. The van der Waals surface area contributed by atoms with Crippen LogP contribution in [0.2, 0.25) is 0 Å². The zero-order chi connectivity index (χ0) is 15.5. The van der Waals surface area contributed by atoms with E-state index in [-0.39, 0.29) is 5.91 Å². The first-order chi connectivity index (χ1) is 10.6. The fraction of sp³-hybridized carbons (Fsp3) is 0.412. The first-order valence-electron chi connectivity index (χ1n) is 7.68. The van der Waals surface area contributed by atoms with Gasteiger partial charge in [0.25, 0.3) is 5.91 Å². The van der Waals surface area contributed by atoms with Gasteiger partial charge >= 0.3 is 0 Å². The van der Waals surface area contributed by atoms with Crippen LogP contribution in [0.5, 0.6) is 0 Å². The van der Waals surface area contributed by atoms with Crippen LogP contribution in [-0.2, 0) is 4.79 Å². The Labute approximate surface area is 141 Å². The highest BCUT2D eigenvalue weighted by Gasteiger charge is 2.33. The average molecular weight is 332 g/mol. The zero-order valence-electron chi connectivity index (χ0n) is 12.7. The van der Waals surface area contributed by atoms with Crippen LogP contribution < -0.4 is 0 Å². The van der Waals surface area contributed by atoms with Crippen molar-refractivity contribution in [2.45, 2.75) is 26.2 Å². The van der Waals surface area contributed by atoms with Gasteiger partial charge in [-0.2, -0.15) is 0 Å². The number of nitrogens with zero attached hydrogens (tertiary/aromatic N) is 2. The third-order valence-electron chi connectivity index (χ3n) is 4.00. The lowest BCUT2D eigenvalue weighted by atomic mass is 10.1. The van der Waals surface area contributed by atoms with E-state index >= 15 is 0 Å². The Morgan fingerprint density at radius 1 is 1.27 bits per heavy atom. The first-order valence-corrected chi connectivity index (χ1v) is 8.90. The van der Waals surface area contributed by atoms with Gasteiger partial charge in [-0.1, -0.05) is 60.2 Å². The van der Waals surface area contributed by atoms with Crippen molar-refractivity contribution in [3.05, 3.63) is 40.3 Å². The molecule has 0 unspecified atom stereocenters. The van der Waals surface area contributed by atoms with Gasteiger partial charge < -0.3 is 0 Å². The predicted molar refractivity (Wildman–Crippen MR) is 96.5 cm³/mol. The topological polar surface area (TPSA) is 23.6 Å². The van der Waals surface area contributed by atoms with Crippen molar-refractivity contribution in [3.8, 4) is 0 Å². The molecule has 0 bridgehead atoms. The highest BCUT2D eigenvalue weighted by Crippen LogP contribution is 2.33. The molecule has 2 heterocycles. The number of benzene rings is 1. The molecule has 22 heavy (non-hydrogen) atoms. The summed E-state index contributed by atoms with van der Waals surface area (Å²) in [6.07, 6.45) is 5.67. The number of likely N-dealkylation sites (tertiary alicyclic amines) is 1. The molecule has 0 spiro atoms. The minimum atomic E-state index is 0.0436. The number of piperidine rings is 1. The maximum Gasteiger partial charge on any atom is 0.267 e. The van der Waals surface area contributed by atoms with Crippen LogP contribution in [0.3, 0.4) is 0 Å². The maximum absolute atomic E-state index is 12.6. The van der Waals surface area contributed by atoms with E-state index in [0.717, 1.165) is 23.6 Å². The maximum atomic E-state index is 12.6. The smallest absolute Gasteiger partial charge is 0.267 e. The van der Waals surface area contributed by atoms with Gasteiger partial charge in [0.15, 0.2) is 0 Å². The Bertz CT molecular complexity index is 621. The van der Waals surface area contributed by atoms with Crippen molar-refractivity contribution in [3.63, 3.8) is 0 Å². The fourth-order valence-corrected chi connectivity index (χ4v) is 4.08. The van der Waals surface area contributed by atoms with E-state index in [1.54, 1.807) is 4.90 Å². The van der Waals surface area contributed by atoms with Crippen LogP contribution in [0.4, 0.5) is 0 Å². The van der Waals surface area contributed by atoms with Crippen molar-refractivity contribution < 1.29 is 4.79 Å². The molecule has 0 aliphatic carbocycles. The molecule has 3 rings (SSSR count). The fourth-order valence-electron chi connectivity index (χ4n) is 2.83. The van der Waals surface area contributed by atoms with Crippen LogP contribution in [0.1, 0.15) is 30.4 Å². The van der Waals surface area contributed by atoms with Crippen LogP contribution in [0.15, 0.2) is 29.2 Å². The SMILES string of the molecule is Cc1cccc(/C=C2/SC(=S)N(CN3CCCCC3)C2=O)c1. The Balaban J connectivity index is 1.73. The molecule has 1 amide bonds. The molecule has 0 atom stereocenters. The van der Waals surface area contributed by atoms with E-state index in [4.69, 9.17) is 12.2 Å². The molecule has 2 fully saturated rings. The lowest BCUT2D eigenvalue weighted by Crippen LogP contribution is -2.42. The summed E-state index contributed by atoms with van der Waals surface area (Å²) in [5.74, 6) is 0.0436. The molecule has 0 N–H and O–H groups in total. The zero-order valence-corrected chi connectivity index (χ0v) is 14.4. The van der Waals surface area contributed by atoms with Gasteiger partial charge in [0.05, 0.1) is 11.6 Å². The van der Waals surface area contributed by atoms with Gasteiger partial charge in [-0.05, 0) is 44.5 Å². The summed E-state index contributed by atoms with van der Waals surface area (Å²) >= 11 is 6.82. The molecule has 1 aromatic carbocycles. The van der Waals surface area contributed by atoms with Crippen LogP contribution in [0, 0.1) is 6.92 Å². The van der Waals surface area contributed by atoms with E-state index in [2.05, 4.69) is 24.0 Å². The molecule has 1 aromatic rings. The Morgan fingerprint density at radius 2 is 2.05 bits per heavy atom. The van der Waals surface area contributed by atoms with E-state index in [0.29, 0.717) is 11.0 Å². The van der Waals surface area contributed by atoms with Gasteiger partial charge in [-0.3, -0.25) is 14.6 Å². The summed E-state index contributed by atoms with van der Waals surface area (Å²) in [6.45, 7) is 4.82. The number of amides is 1. The van der Waals surface area contributed by atoms with Crippen molar-refractivity contribution in [2.75, 3.05) is 19.8 Å². The van der Waals surface area contributed by atoms with Crippen LogP contribution >= 0.6 is 24.0 Å².